The molecule has 4 nitrogen and oxygen atoms in total. The van der Waals surface area contributed by atoms with Crippen LogP contribution in [0.4, 0.5) is 0 Å². The third-order valence-electron chi connectivity index (χ3n) is 3.06. The van der Waals surface area contributed by atoms with E-state index >= 15 is 0 Å². The van der Waals surface area contributed by atoms with Gasteiger partial charge in [-0.25, -0.2) is 0 Å². The number of nitrogens with one attached hydrogen (secondary N) is 1. The van der Waals surface area contributed by atoms with Crippen LogP contribution < -0.4 is 5.32 Å². The second kappa shape index (κ2) is 6.17. The third-order valence-corrected chi connectivity index (χ3v) is 3.31. The highest BCUT2D eigenvalue weighted by molar-refractivity contribution is 6.30. The minimum Gasteiger partial charge on any atom is -0.469 e. The lowest BCUT2D eigenvalue weighted by Crippen LogP contribution is -2.40. The molecule has 1 atom stereocenters. The van der Waals surface area contributed by atoms with Gasteiger partial charge in [-0.3, -0.25) is 9.59 Å². The normalized spacial score (nSPS) is 15.9. The number of carbonyl (C=O) groups is 2. The van der Waals surface area contributed by atoms with Crippen LogP contribution >= 0.6 is 11.6 Å². The van der Waals surface area contributed by atoms with Crippen LogP contribution in [-0.4, -0.2) is 30.9 Å². The quantitative estimate of drug-likeness (QED) is 0.642. The first-order chi connectivity index (χ1) is 9.10. The maximum absolute atomic E-state index is 12.4. The Morgan fingerprint density at radius 1 is 1.37 bits per heavy atom. The Kier molecular flexibility index (Phi) is 4.56. The van der Waals surface area contributed by atoms with Crippen LogP contribution in [0, 0.1) is 0 Å². The maximum atomic E-state index is 12.4. The Morgan fingerprint density at radius 3 is 2.53 bits per heavy atom. The van der Waals surface area contributed by atoms with Crippen molar-refractivity contribution in [3.63, 3.8) is 0 Å². The van der Waals surface area contributed by atoms with E-state index in [9.17, 15) is 9.59 Å². The first-order valence-electron chi connectivity index (χ1n) is 6.23. The fraction of sp³-hybridized carbons (Fsp3) is 0.429. The molecule has 0 saturated heterocycles. The molecule has 0 aromatic heterocycles. The van der Waals surface area contributed by atoms with E-state index < -0.39 is 6.04 Å². The molecule has 0 radical (unpaired) electrons. The third kappa shape index (κ3) is 4.04. The molecule has 1 N–H and O–H groups in total. The molecule has 0 bridgehead atoms. The van der Waals surface area contributed by atoms with Crippen molar-refractivity contribution in [3.05, 3.63) is 34.9 Å². The summed E-state index contributed by atoms with van der Waals surface area (Å²) in [4.78, 5) is 23.7. The first kappa shape index (κ1) is 14.0. The van der Waals surface area contributed by atoms with Gasteiger partial charge in [0.25, 0.3) is 0 Å². The number of ether oxygens (including phenoxy) is 1. The van der Waals surface area contributed by atoms with E-state index in [-0.39, 0.29) is 18.2 Å². The molecule has 1 aromatic carbocycles. The van der Waals surface area contributed by atoms with E-state index in [1.165, 1.54) is 7.11 Å². The zero-order valence-corrected chi connectivity index (χ0v) is 11.4. The Hall–Kier alpha value is -1.39. The highest BCUT2D eigenvalue weighted by Gasteiger charge is 2.30. The number of benzene rings is 1. The van der Waals surface area contributed by atoms with Gasteiger partial charge in [0.2, 0.25) is 0 Å². The van der Waals surface area contributed by atoms with E-state index in [0.29, 0.717) is 16.6 Å². The number of halogens is 1. The lowest BCUT2D eigenvalue weighted by molar-refractivity contribution is -0.140. The zero-order valence-electron chi connectivity index (χ0n) is 10.7. The van der Waals surface area contributed by atoms with Crippen molar-refractivity contribution in [2.45, 2.75) is 31.3 Å². The van der Waals surface area contributed by atoms with Crippen molar-refractivity contribution in [2.75, 3.05) is 7.11 Å². The summed E-state index contributed by atoms with van der Waals surface area (Å²) >= 11 is 5.80. The van der Waals surface area contributed by atoms with Gasteiger partial charge in [0, 0.05) is 16.6 Å². The van der Waals surface area contributed by atoms with Crippen LogP contribution in [0.5, 0.6) is 0 Å². The van der Waals surface area contributed by atoms with Gasteiger partial charge in [-0.2, -0.15) is 0 Å². The van der Waals surface area contributed by atoms with Gasteiger partial charge in [0.15, 0.2) is 5.78 Å². The molecule has 1 saturated carbocycles. The van der Waals surface area contributed by atoms with E-state index in [1.807, 2.05) is 0 Å². The Bertz CT molecular complexity index is 468. The number of carbonyl (C=O) groups excluding carboxylic acids is 2. The second-order valence-electron chi connectivity index (χ2n) is 4.64. The van der Waals surface area contributed by atoms with Crippen LogP contribution in [0.2, 0.25) is 5.02 Å². The molecule has 1 aromatic rings. The molecule has 1 aliphatic carbocycles. The van der Waals surface area contributed by atoms with Gasteiger partial charge in [0.1, 0.15) is 0 Å². The topological polar surface area (TPSA) is 55.4 Å². The Balaban J connectivity index is 2.09. The van der Waals surface area contributed by atoms with Crippen LogP contribution in [0.25, 0.3) is 0 Å². The lowest BCUT2D eigenvalue weighted by atomic mass is 10.0. The molecule has 0 amide bonds. The second-order valence-corrected chi connectivity index (χ2v) is 5.08. The van der Waals surface area contributed by atoms with E-state index in [1.54, 1.807) is 24.3 Å². The molecule has 19 heavy (non-hydrogen) atoms. The fourth-order valence-electron chi connectivity index (χ4n) is 1.83. The van der Waals surface area contributed by atoms with Crippen molar-refractivity contribution < 1.29 is 14.3 Å². The molecule has 2 rings (SSSR count). The lowest BCUT2D eigenvalue weighted by Gasteiger charge is -2.16. The van der Waals surface area contributed by atoms with Gasteiger partial charge in [-0.1, -0.05) is 11.6 Å². The zero-order chi connectivity index (χ0) is 13.8. The number of methoxy groups -OCH3 is 1. The maximum Gasteiger partial charge on any atom is 0.307 e. The summed E-state index contributed by atoms with van der Waals surface area (Å²) in [5, 5.41) is 3.77. The van der Waals surface area contributed by atoms with E-state index in [0.717, 1.165) is 12.8 Å². The van der Waals surface area contributed by atoms with Crippen LogP contribution in [-0.2, 0) is 9.53 Å². The standard InChI is InChI=1S/C14H16ClNO3/c1-19-13(17)8-12(16-11-6-7-11)14(18)9-2-4-10(15)5-3-9/h2-5,11-12,16H,6-8H2,1H3. The van der Waals surface area contributed by atoms with Crippen LogP contribution in [0.1, 0.15) is 29.6 Å². The van der Waals surface area contributed by atoms with Crippen molar-refractivity contribution >= 4 is 23.4 Å². The van der Waals surface area contributed by atoms with Gasteiger partial charge in [0.05, 0.1) is 19.6 Å². The summed E-state index contributed by atoms with van der Waals surface area (Å²) in [6.45, 7) is 0. The SMILES string of the molecule is COC(=O)CC(NC1CC1)C(=O)c1ccc(Cl)cc1. The molecule has 0 spiro atoms. The van der Waals surface area contributed by atoms with E-state index in [2.05, 4.69) is 10.1 Å². The van der Waals surface area contributed by atoms with Crippen molar-refractivity contribution in [3.8, 4) is 0 Å². The number of hydrogen-bond donors (Lipinski definition) is 1. The van der Waals surface area contributed by atoms with Gasteiger partial charge < -0.3 is 10.1 Å². The molecule has 0 heterocycles. The Labute approximate surface area is 117 Å². The van der Waals surface area contributed by atoms with Crippen molar-refractivity contribution in [1.29, 1.82) is 0 Å². The number of ketones is 1. The summed E-state index contributed by atoms with van der Waals surface area (Å²) in [5.74, 6) is -0.491. The summed E-state index contributed by atoms with van der Waals surface area (Å²) in [5.41, 5.74) is 0.548. The van der Waals surface area contributed by atoms with Gasteiger partial charge in [-0.15, -0.1) is 0 Å². The number of Topliss-reactive ketones (excluding diaryl/α,β-unsaturated/α-hetero) is 1. The van der Waals surface area contributed by atoms with Gasteiger partial charge >= 0.3 is 5.97 Å². The molecule has 1 unspecified atom stereocenters. The average molecular weight is 282 g/mol. The number of hydrogen-bond acceptors (Lipinski definition) is 4. The monoisotopic (exact) mass is 281 g/mol. The molecule has 5 heteroatoms. The van der Waals surface area contributed by atoms with Gasteiger partial charge in [-0.05, 0) is 37.1 Å². The number of esters is 1. The largest absolute Gasteiger partial charge is 0.469 e. The number of rotatable bonds is 6. The highest BCUT2D eigenvalue weighted by atomic mass is 35.5. The molecule has 1 aliphatic rings. The predicted molar refractivity (Wildman–Crippen MR) is 72.4 cm³/mol. The first-order valence-corrected chi connectivity index (χ1v) is 6.60. The predicted octanol–water partition coefficient (Wildman–Crippen LogP) is 2.21. The summed E-state index contributed by atoms with van der Waals surface area (Å²) in [6, 6.07) is 6.49. The summed E-state index contributed by atoms with van der Waals surface area (Å²) in [7, 11) is 1.32. The molecular formula is C14H16ClNO3. The highest BCUT2D eigenvalue weighted by Crippen LogP contribution is 2.21. The molecule has 1 fully saturated rings. The van der Waals surface area contributed by atoms with Crippen LogP contribution in [0.15, 0.2) is 24.3 Å². The summed E-state index contributed by atoms with van der Waals surface area (Å²) in [6.07, 6.45) is 2.14. The summed E-state index contributed by atoms with van der Waals surface area (Å²) < 4.78 is 4.64. The van der Waals surface area contributed by atoms with Crippen molar-refractivity contribution in [2.24, 2.45) is 0 Å². The fourth-order valence-corrected chi connectivity index (χ4v) is 1.95. The molecule has 0 aliphatic heterocycles. The van der Waals surface area contributed by atoms with Crippen LogP contribution in [0.3, 0.4) is 0 Å². The molecule has 102 valence electrons. The smallest absolute Gasteiger partial charge is 0.307 e. The van der Waals surface area contributed by atoms with E-state index in [4.69, 9.17) is 11.6 Å². The Morgan fingerprint density at radius 2 is 2.00 bits per heavy atom. The minimum atomic E-state index is -0.527. The minimum absolute atomic E-state index is 0.0501. The molecular weight excluding hydrogens is 266 g/mol. The van der Waals surface area contributed by atoms with Crippen molar-refractivity contribution in [1.82, 2.24) is 5.32 Å². The average Bonchev–Trinajstić information content (AvgIpc) is 3.22.